The van der Waals surface area contributed by atoms with Gasteiger partial charge >= 0.3 is 0 Å². The fraction of sp³-hybridized carbons (Fsp3) is 0.692. The average molecular weight is 322 g/mol. The second kappa shape index (κ2) is 6.57. The number of nitrogens with one attached hydrogen (secondary N) is 1. The minimum Gasteiger partial charge on any atom is -0.314 e. The first-order valence-corrected chi connectivity index (χ1v) is 9.68. The van der Waals surface area contributed by atoms with Crippen molar-refractivity contribution in [3.05, 3.63) is 21.3 Å². The van der Waals surface area contributed by atoms with Crippen molar-refractivity contribution in [1.29, 1.82) is 0 Å². The lowest BCUT2D eigenvalue weighted by Gasteiger charge is -2.20. The molecule has 6 heteroatoms. The van der Waals surface area contributed by atoms with Crippen molar-refractivity contribution >= 4 is 32.8 Å². The highest BCUT2D eigenvalue weighted by Gasteiger charge is 2.29. The van der Waals surface area contributed by atoms with Crippen molar-refractivity contribution in [2.24, 2.45) is 5.92 Å². The molecular weight excluding hydrogens is 302 g/mol. The molecule has 1 aromatic rings. The first kappa shape index (κ1) is 15.3. The third kappa shape index (κ3) is 4.74. The van der Waals surface area contributed by atoms with Crippen LogP contribution in [-0.2, 0) is 16.3 Å². The van der Waals surface area contributed by atoms with Crippen molar-refractivity contribution in [1.82, 2.24) is 5.32 Å². The molecular formula is C13H20ClNO2S2. The predicted octanol–water partition coefficient (Wildman–Crippen LogP) is 2.75. The van der Waals surface area contributed by atoms with Crippen LogP contribution in [0.3, 0.4) is 0 Å². The summed E-state index contributed by atoms with van der Waals surface area (Å²) in [5, 5.41) is 3.46. The number of thiophene rings is 1. The molecule has 2 unspecified atom stereocenters. The van der Waals surface area contributed by atoms with E-state index in [-0.39, 0.29) is 0 Å². The zero-order valence-corrected chi connectivity index (χ0v) is 13.5. The zero-order valence-electron chi connectivity index (χ0n) is 11.1. The molecule has 1 aromatic heterocycles. The van der Waals surface area contributed by atoms with Gasteiger partial charge in [0.2, 0.25) is 0 Å². The van der Waals surface area contributed by atoms with Gasteiger partial charge in [-0.1, -0.05) is 18.5 Å². The van der Waals surface area contributed by atoms with Crippen molar-refractivity contribution in [2.45, 2.75) is 32.2 Å². The predicted molar refractivity (Wildman–Crippen MR) is 81.9 cm³/mol. The second-order valence-corrected chi connectivity index (χ2v) is 9.20. The minimum absolute atomic E-state index is 0.310. The van der Waals surface area contributed by atoms with Crippen LogP contribution in [0.2, 0.25) is 4.34 Å². The number of likely N-dealkylation sites (N-methyl/N-ethyl adjacent to an activating group) is 1. The summed E-state index contributed by atoms with van der Waals surface area (Å²) in [6.45, 7) is 2.99. The summed E-state index contributed by atoms with van der Waals surface area (Å²) in [6, 6.07) is 4.32. The Morgan fingerprint density at radius 3 is 2.84 bits per heavy atom. The Balaban J connectivity index is 1.93. The van der Waals surface area contributed by atoms with E-state index >= 15 is 0 Å². The normalized spacial score (nSPS) is 23.6. The molecule has 3 nitrogen and oxygen atoms in total. The van der Waals surface area contributed by atoms with Gasteiger partial charge in [0.25, 0.3) is 0 Å². The van der Waals surface area contributed by atoms with Crippen molar-refractivity contribution < 1.29 is 8.42 Å². The summed E-state index contributed by atoms with van der Waals surface area (Å²) in [4.78, 5) is 1.26. The quantitative estimate of drug-likeness (QED) is 0.876. The molecule has 108 valence electrons. The van der Waals surface area contributed by atoms with E-state index in [0.29, 0.717) is 23.5 Å². The SMILES string of the molecule is CCNC(Cc1ccc(Cl)s1)CC1CCS(=O)(=O)C1. The summed E-state index contributed by atoms with van der Waals surface area (Å²) in [5.74, 6) is 1.03. The molecule has 0 radical (unpaired) electrons. The van der Waals surface area contributed by atoms with Crippen LogP contribution in [0.1, 0.15) is 24.6 Å². The summed E-state index contributed by atoms with van der Waals surface area (Å²) >= 11 is 7.55. The third-order valence-corrected chi connectivity index (χ3v) is 6.60. The van der Waals surface area contributed by atoms with Crippen LogP contribution in [0.25, 0.3) is 0 Å². The van der Waals surface area contributed by atoms with Gasteiger partial charge in [0.05, 0.1) is 15.8 Å². The van der Waals surface area contributed by atoms with Crippen LogP contribution >= 0.6 is 22.9 Å². The topological polar surface area (TPSA) is 46.2 Å². The minimum atomic E-state index is -2.77. The lowest BCUT2D eigenvalue weighted by Crippen LogP contribution is -2.33. The second-order valence-electron chi connectivity index (χ2n) is 5.17. The number of sulfone groups is 1. The first-order chi connectivity index (χ1) is 8.98. The largest absolute Gasteiger partial charge is 0.314 e. The van der Waals surface area contributed by atoms with Crippen LogP contribution in [-0.4, -0.2) is 32.5 Å². The van der Waals surface area contributed by atoms with E-state index in [4.69, 9.17) is 11.6 Å². The molecule has 1 aliphatic heterocycles. The first-order valence-electron chi connectivity index (χ1n) is 6.66. The summed E-state index contributed by atoms with van der Waals surface area (Å²) in [7, 11) is -2.77. The number of halogens is 1. The smallest absolute Gasteiger partial charge is 0.150 e. The van der Waals surface area contributed by atoms with Gasteiger partial charge in [0, 0.05) is 10.9 Å². The standard InChI is InChI=1S/C13H20ClNO2S2/c1-2-15-11(8-12-3-4-13(14)18-12)7-10-5-6-19(16,17)9-10/h3-4,10-11,15H,2,5-9H2,1H3. The molecule has 0 amide bonds. The zero-order chi connectivity index (χ0) is 13.9. The van der Waals surface area contributed by atoms with Gasteiger partial charge in [-0.3, -0.25) is 0 Å². The van der Waals surface area contributed by atoms with Gasteiger partial charge in [-0.2, -0.15) is 0 Å². The third-order valence-electron chi connectivity index (χ3n) is 3.51. The molecule has 0 aromatic carbocycles. The average Bonchev–Trinajstić information content (AvgIpc) is 2.85. The van der Waals surface area contributed by atoms with Gasteiger partial charge in [-0.15, -0.1) is 11.3 Å². The Kier molecular flexibility index (Phi) is 5.29. The molecule has 2 rings (SSSR count). The van der Waals surface area contributed by atoms with Crippen LogP contribution in [0, 0.1) is 5.92 Å². The molecule has 2 atom stereocenters. The Bertz CT molecular complexity index is 512. The molecule has 0 aliphatic carbocycles. The van der Waals surface area contributed by atoms with Gasteiger partial charge in [-0.05, 0) is 43.9 Å². The van der Waals surface area contributed by atoms with Gasteiger partial charge in [-0.25, -0.2) is 8.42 Å². The van der Waals surface area contributed by atoms with Crippen molar-refractivity contribution in [3.63, 3.8) is 0 Å². The number of hydrogen-bond donors (Lipinski definition) is 1. The van der Waals surface area contributed by atoms with Gasteiger partial charge in [0.15, 0.2) is 9.84 Å². The molecule has 19 heavy (non-hydrogen) atoms. The van der Waals surface area contributed by atoms with Crippen LogP contribution in [0.15, 0.2) is 12.1 Å². The van der Waals surface area contributed by atoms with E-state index in [1.807, 2.05) is 6.07 Å². The van der Waals surface area contributed by atoms with Crippen molar-refractivity contribution in [2.75, 3.05) is 18.1 Å². The van der Waals surface area contributed by atoms with E-state index < -0.39 is 9.84 Å². The molecule has 0 spiro atoms. The lowest BCUT2D eigenvalue weighted by atomic mass is 9.97. The Labute approximate surface area is 124 Å². The fourth-order valence-electron chi connectivity index (χ4n) is 2.69. The maximum absolute atomic E-state index is 11.5. The monoisotopic (exact) mass is 321 g/mol. The maximum Gasteiger partial charge on any atom is 0.150 e. The Morgan fingerprint density at radius 1 is 1.53 bits per heavy atom. The van der Waals surface area contributed by atoms with E-state index in [9.17, 15) is 8.42 Å². The van der Waals surface area contributed by atoms with Crippen molar-refractivity contribution in [3.8, 4) is 0 Å². The van der Waals surface area contributed by atoms with E-state index in [1.54, 1.807) is 11.3 Å². The van der Waals surface area contributed by atoms with Gasteiger partial charge in [0.1, 0.15) is 0 Å². The van der Waals surface area contributed by atoms with Gasteiger partial charge < -0.3 is 5.32 Å². The molecule has 0 bridgehead atoms. The fourth-order valence-corrected chi connectivity index (χ4v) is 5.74. The highest BCUT2D eigenvalue weighted by atomic mass is 35.5. The van der Waals surface area contributed by atoms with Crippen LogP contribution in [0.4, 0.5) is 0 Å². The Morgan fingerprint density at radius 2 is 2.32 bits per heavy atom. The molecule has 1 aliphatic rings. The molecule has 1 saturated heterocycles. The molecule has 0 saturated carbocycles. The molecule has 1 fully saturated rings. The van der Waals surface area contributed by atoms with E-state index in [0.717, 1.165) is 30.1 Å². The number of rotatable bonds is 6. The summed E-state index contributed by atoms with van der Waals surface area (Å²) in [5.41, 5.74) is 0. The van der Waals surface area contributed by atoms with E-state index in [2.05, 4.69) is 18.3 Å². The number of hydrogen-bond acceptors (Lipinski definition) is 4. The maximum atomic E-state index is 11.5. The highest BCUT2D eigenvalue weighted by molar-refractivity contribution is 7.91. The molecule has 1 N–H and O–H groups in total. The lowest BCUT2D eigenvalue weighted by molar-refractivity contribution is 0.411. The van der Waals surface area contributed by atoms with E-state index in [1.165, 1.54) is 4.88 Å². The summed E-state index contributed by atoms with van der Waals surface area (Å²) < 4.78 is 23.8. The molecule has 2 heterocycles. The Hall–Kier alpha value is -0.100. The van der Waals surface area contributed by atoms with Crippen LogP contribution < -0.4 is 5.32 Å². The highest BCUT2D eigenvalue weighted by Crippen LogP contribution is 2.27. The van der Waals surface area contributed by atoms with Crippen LogP contribution in [0.5, 0.6) is 0 Å². The summed E-state index contributed by atoms with van der Waals surface area (Å²) in [6.07, 6.45) is 2.68.